The molecule has 0 atom stereocenters. The number of rotatable bonds is 9. The fourth-order valence-corrected chi connectivity index (χ4v) is 3.87. The molecule has 2 rings (SSSR count). The van der Waals surface area contributed by atoms with Crippen LogP contribution in [0.1, 0.15) is 32.3 Å². The van der Waals surface area contributed by atoms with Crippen LogP contribution in [0.5, 0.6) is 5.75 Å². The molecule has 0 amide bonds. The van der Waals surface area contributed by atoms with E-state index in [4.69, 9.17) is 4.74 Å². The van der Waals surface area contributed by atoms with Gasteiger partial charge < -0.3 is 9.64 Å². The Labute approximate surface area is 156 Å². The molecule has 26 heavy (non-hydrogen) atoms. The van der Waals surface area contributed by atoms with Gasteiger partial charge in [0.2, 0.25) is 0 Å². The first-order valence-electron chi connectivity index (χ1n) is 8.79. The number of aromatic nitrogens is 1. The second kappa shape index (κ2) is 8.89. The lowest BCUT2D eigenvalue weighted by molar-refractivity contribution is 0.411. The molecule has 142 valence electrons. The molecule has 1 heterocycles. The molecule has 1 N–H and O–H groups in total. The van der Waals surface area contributed by atoms with Crippen LogP contribution >= 0.6 is 0 Å². The van der Waals surface area contributed by atoms with Crippen LogP contribution < -0.4 is 14.4 Å². The molecule has 1 aromatic heterocycles. The molecule has 0 fully saturated rings. The second-order valence-corrected chi connectivity index (χ2v) is 7.81. The predicted octanol–water partition coefficient (Wildman–Crippen LogP) is 3.83. The van der Waals surface area contributed by atoms with Crippen molar-refractivity contribution >= 4 is 21.5 Å². The number of methoxy groups -OCH3 is 1. The zero-order chi connectivity index (χ0) is 19.2. The van der Waals surface area contributed by atoms with Crippen LogP contribution in [-0.4, -0.2) is 33.6 Å². The molecule has 1 aromatic carbocycles. The van der Waals surface area contributed by atoms with Crippen molar-refractivity contribution in [1.82, 2.24) is 4.98 Å². The first-order valence-corrected chi connectivity index (χ1v) is 10.3. The van der Waals surface area contributed by atoms with E-state index < -0.39 is 10.0 Å². The maximum atomic E-state index is 12.6. The summed E-state index contributed by atoms with van der Waals surface area (Å²) in [6, 6.07) is 8.36. The Morgan fingerprint density at radius 1 is 1.12 bits per heavy atom. The smallest absolute Gasteiger partial charge is 0.261 e. The maximum absolute atomic E-state index is 12.6. The Balaban J connectivity index is 2.18. The molecule has 7 heteroatoms. The molecule has 0 aliphatic heterocycles. The van der Waals surface area contributed by atoms with Gasteiger partial charge in [-0.2, -0.15) is 0 Å². The van der Waals surface area contributed by atoms with Gasteiger partial charge in [0, 0.05) is 13.1 Å². The summed E-state index contributed by atoms with van der Waals surface area (Å²) in [6.07, 6.45) is 3.63. The van der Waals surface area contributed by atoms with Crippen LogP contribution in [-0.2, 0) is 10.0 Å². The first-order chi connectivity index (χ1) is 12.4. The molecule has 0 bridgehead atoms. The van der Waals surface area contributed by atoms with E-state index in [0.717, 1.165) is 37.3 Å². The molecule has 0 aliphatic carbocycles. The van der Waals surface area contributed by atoms with E-state index in [1.165, 1.54) is 6.07 Å². The summed E-state index contributed by atoms with van der Waals surface area (Å²) in [6.45, 7) is 7.92. The molecule has 0 saturated heterocycles. The normalized spacial score (nSPS) is 11.2. The highest BCUT2D eigenvalue weighted by atomic mass is 32.2. The van der Waals surface area contributed by atoms with Crippen molar-refractivity contribution in [2.75, 3.05) is 29.8 Å². The topological polar surface area (TPSA) is 71.5 Å². The summed E-state index contributed by atoms with van der Waals surface area (Å²) in [5.74, 6) is 1.51. The SMILES string of the molecule is CCCN(CCC)c1ccc(NS(=O)(=O)c2ccc(OC)c(C)c2)cn1. The number of nitrogens with one attached hydrogen (secondary N) is 1. The highest BCUT2D eigenvalue weighted by Crippen LogP contribution is 2.23. The van der Waals surface area contributed by atoms with Crippen molar-refractivity contribution in [3.63, 3.8) is 0 Å². The van der Waals surface area contributed by atoms with E-state index in [9.17, 15) is 8.42 Å². The Kier molecular flexibility index (Phi) is 6.85. The third-order valence-corrected chi connectivity index (χ3v) is 5.37. The van der Waals surface area contributed by atoms with Crippen molar-refractivity contribution in [2.45, 2.75) is 38.5 Å². The van der Waals surface area contributed by atoms with Crippen LogP contribution in [0.2, 0.25) is 0 Å². The van der Waals surface area contributed by atoms with Gasteiger partial charge in [-0.15, -0.1) is 0 Å². The van der Waals surface area contributed by atoms with E-state index >= 15 is 0 Å². The monoisotopic (exact) mass is 377 g/mol. The lowest BCUT2D eigenvalue weighted by Gasteiger charge is -2.22. The number of ether oxygens (including phenoxy) is 1. The maximum Gasteiger partial charge on any atom is 0.261 e. The Morgan fingerprint density at radius 2 is 1.81 bits per heavy atom. The number of nitrogens with zero attached hydrogens (tertiary/aromatic N) is 2. The molecule has 0 spiro atoms. The van der Waals surface area contributed by atoms with Crippen molar-refractivity contribution in [3.05, 3.63) is 42.1 Å². The Morgan fingerprint density at radius 3 is 2.31 bits per heavy atom. The van der Waals surface area contributed by atoms with Gasteiger partial charge in [0.05, 0.1) is 23.9 Å². The number of anilines is 2. The average Bonchev–Trinajstić information content (AvgIpc) is 2.62. The van der Waals surface area contributed by atoms with Crippen molar-refractivity contribution in [2.24, 2.45) is 0 Å². The molecule has 6 nitrogen and oxygen atoms in total. The van der Waals surface area contributed by atoms with Crippen LogP contribution in [0.4, 0.5) is 11.5 Å². The minimum atomic E-state index is -3.67. The highest BCUT2D eigenvalue weighted by Gasteiger charge is 2.16. The van der Waals surface area contributed by atoms with E-state index in [1.807, 2.05) is 13.0 Å². The van der Waals surface area contributed by atoms with E-state index in [0.29, 0.717) is 11.4 Å². The lowest BCUT2D eigenvalue weighted by Crippen LogP contribution is -2.25. The number of benzene rings is 1. The van der Waals surface area contributed by atoms with E-state index in [2.05, 4.69) is 28.5 Å². The van der Waals surface area contributed by atoms with Gasteiger partial charge in [-0.1, -0.05) is 13.8 Å². The third-order valence-electron chi connectivity index (χ3n) is 3.99. The summed E-state index contributed by atoms with van der Waals surface area (Å²) >= 11 is 0. The second-order valence-electron chi connectivity index (χ2n) is 6.13. The zero-order valence-electron chi connectivity index (χ0n) is 15.8. The molecule has 0 unspecified atom stereocenters. The molecule has 0 saturated carbocycles. The van der Waals surface area contributed by atoms with Crippen molar-refractivity contribution < 1.29 is 13.2 Å². The highest BCUT2D eigenvalue weighted by molar-refractivity contribution is 7.92. The van der Waals surface area contributed by atoms with Gasteiger partial charge in [-0.25, -0.2) is 13.4 Å². The van der Waals surface area contributed by atoms with Crippen LogP contribution in [0, 0.1) is 6.92 Å². The van der Waals surface area contributed by atoms with Crippen LogP contribution in [0.3, 0.4) is 0 Å². The minimum Gasteiger partial charge on any atom is -0.496 e. The van der Waals surface area contributed by atoms with Gasteiger partial charge in [0.1, 0.15) is 11.6 Å². The average molecular weight is 378 g/mol. The quantitative estimate of drug-likeness (QED) is 0.719. The van der Waals surface area contributed by atoms with Gasteiger partial charge in [-0.3, -0.25) is 4.72 Å². The zero-order valence-corrected chi connectivity index (χ0v) is 16.6. The molecule has 2 aromatic rings. The summed E-state index contributed by atoms with van der Waals surface area (Å²) in [5.41, 5.74) is 1.20. The number of pyridine rings is 1. The number of aryl methyl sites for hydroxylation is 1. The summed E-state index contributed by atoms with van der Waals surface area (Å²) < 4.78 is 32.9. The number of hydrogen-bond donors (Lipinski definition) is 1. The van der Waals surface area contributed by atoms with Gasteiger partial charge in [0.15, 0.2) is 0 Å². The predicted molar refractivity (Wildman–Crippen MR) is 106 cm³/mol. The van der Waals surface area contributed by atoms with Crippen LogP contribution in [0.15, 0.2) is 41.4 Å². The van der Waals surface area contributed by atoms with Gasteiger partial charge >= 0.3 is 0 Å². The van der Waals surface area contributed by atoms with E-state index in [1.54, 1.807) is 31.5 Å². The standard InChI is InChI=1S/C19H27N3O3S/c1-5-11-22(12-6-2)19-10-7-16(14-20-19)21-26(23,24)17-8-9-18(25-4)15(3)13-17/h7-10,13-14,21H,5-6,11-12H2,1-4H3. The van der Waals surface area contributed by atoms with Crippen molar-refractivity contribution in [3.8, 4) is 5.75 Å². The molecule has 0 aliphatic rings. The first kappa shape index (κ1) is 20.0. The largest absolute Gasteiger partial charge is 0.496 e. The Hall–Kier alpha value is -2.28. The van der Waals surface area contributed by atoms with Crippen LogP contribution in [0.25, 0.3) is 0 Å². The summed E-state index contributed by atoms with van der Waals surface area (Å²) in [7, 11) is -2.12. The summed E-state index contributed by atoms with van der Waals surface area (Å²) in [5, 5.41) is 0. The minimum absolute atomic E-state index is 0.193. The molecule has 0 radical (unpaired) electrons. The van der Waals surface area contributed by atoms with Crippen molar-refractivity contribution in [1.29, 1.82) is 0 Å². The van der Waals surface area contributed by atoms with Gasteiger partial charge in [-0.05, 0) is 55.7 Å². The van der Waals surface area contributed by atoms with Gasteiger partial charge in [0.25, 0.3) is 10.0 Å². The number of hydrogen-bond acceptors (Lipinski definition) is 5. The molecular formula is C19H27N3O3S. The fourth-order valence-electron chi connectivity index (χ4n) is 2.75. The fraction of sp³-hybridized carbons (Fsp3) is 0.421. The van der Waals surface area contributed by atoms with E-state index in [-0.39, 0.29) is 4.90 Å². The molecular weight excluding hydrogens is 350 g/mol. The lowest BCUT2D eigenvalue weighted by atomic mass is 10.2. The summed E-state index contributed by atoms with van der Waals surface area (Å²) in [4.78, 5) is 6.81. The Bertz CT molecular complexity index is 814. The number of sulfonamides is 1. The third kappa shape index (κ3) is 4.88.